The minimum Gasteiger partial charge on any atom is -0.342 e. The molecule has 1 aromatic heterocycles. The van der Waals surface area contributed by atoms with Gasteiger partial charge in [-0.05, 0) is 43.4 Å². The number of amides is 2. The summed E-state index contributed by atoms with van der Waals surface area (Å²) in [4.78, 5) is 33.9. The number of hydrogen-bond donors (Lipinski definition) is 2. The number of nitrogens with zero attached hydrogens (tertiary/aromatic N) is 3. The zero-order chi connectivity index (χ0) is 21.2. The average Bonchev–Trinajstić information content (AvgIpc) is 2.72. The first-order valence-corrected chi connectivity index (χ1v) is 9.96. The van der Waals surface area contributed by atoms with Gasteiger partial charge in [0.15, 0.2) is 0 Å². The molecule has 2 rings (SSSR count). The van der Waals surface area contributed by atoms with Gasteiger partial charge in [0.2, 0.25) is 5.91 Å². The van der Waals surface area contributed by atoms with Crippen LogP contribution in [0.1, 0.15) is 65.0 Å². The van der Waals surface area contributed by atoms with Crippen LogP contribution in [0.15, 0.2) is 30.6 Å². The molecule has 0 radical (unpaired) electrons. The molecule has 0 saturated carbocycles. The summed E-state index contributed by atoms with van der Waals surface area (Å²) in [5.74, 6) is 0.245. The van der Waals surface area contributed by atoms with E-state index < -0.39 is 0 Å². The maximum Gasteiger partial charge on any atom is 0.256 e. The van der Waals surface area contributed by atoms with Gasteiger partial charge in [-0.15, -0.1) is 0 Å². The maximum atomic E-state index is 12.5. The number of hydrogen-bond acceptors (Lipinski definition) is 5. The predicted molar refractivity (Wildman–Crippen MR) is 111 cm³/mol. The Balaban J connectivity index is 1.81. The van der Waals surface area contributed by atoms with Crippen LogP contribution in [0.4, 0.5) is 0 Å². The van der Waals surface area contributed by atoms with Crippen LogP contribution in [0.25, 0.3) is 0 Å². The first kappa shape index (κ1) is 22.5. The molecule has 29 heavy (non-hydrogen) atoms. The average molecular weight is 399 g/mol. The van der Waals surface area contributed by atoms with Crippen molar-refractivity contribution >= 4 is 11.8 Å². The normalized spacial score (nSPS) is 10.6. The van der Waals surface area contributed by atoms with Crippen molar-refractivity contribution in [1.29, 1.82) is 0 Å². The standard InChI is InChI=1S/C22H30N4O3/c1-16-9-8-10-17(2)19(16)13-20-23-14-18(15-24-20)22(28)26(3)12-7-5-4-6-11-21(27)25-29/h8-10,14-15,29H,4-7,11-13H2,1-3H3,(H,25,27). The third-order valence-electron chi connectivity index (χ3n) is 5.05. The quantitative estimate of drug-likeness (QED) is 0.364. The predicted octanol–water partition coefficient (Wildman–Crippen LogP) is 3.21. The number of hydroxylamine groups is 1. The molecule has 156 valence electrons. The third-order valence-corrected chi connectivity index (χ3v) is 5.05. The second-order valence-corrected chi connectivity index (χ2v) is 7.36. The lowest BCUT2D eigenvalue weighted by atomic mass is 10.00. The van der Waals surface area contributed by atoms with E-state index in [1.54, 1.807) is 29.8 Å². The van der Waals surface area contributed by atoms with Crippen LogP contribution in [0.3, 0.4) is 0 Å². The van der Waals surface area contributed by atoms with E-state index in [0.717, 1.165) is 25.7 Å². The molecule has 2 amide bonds. The molecule has 2 N–H and O–H groups in total. The van der Waals surface area contributed by atoms with Crippen LogP contribution in [-0.4, -0.2) is 45.5 Å². The molecule has 0 bridgehead atoms. The summed E-state index contributed by atoms with van der Waals surface area (Å²) in [6.07, 6.45) is 7.54. The maximum absolute atomic E-state index is 12.5. The minimum atomic E-state index is -0.363. The fraction of sp³-hybridized carbons (Fsp3) is 0.455. The summed E-state index contributed by atoms with van der Waals surface area (Å²) in [6, 6.07) is 6.20. The van der Waals surface area contributed by atoms with Crippen molar-refractivity contribution in [1.82, 2.24) is 20.3 Å². The second-order valence-electron chi connectivity index (χ2n) is 7.36. The van der Waals surface area contributed by atoms with Gasteiger partial charge in [-0.1, -0.05) is 31.0 Å². The molecule has 1 aromatic carbocycles. The second kappa shape index (κ2) is 11.3. The monoisotopic (exact) mass is 398 g/mol. The summed E-state index contributed by atoms with van der Waals surface area (Å²) in [6.45, 7) is 4.79. The Labute approximate surface area is 172 Å². The van der Waals surface area contributed by atoms with Crippen LogP contribution in [-0.2, 0) is 11.2 Å². The molecule has 0 unspecified atom stereocenters. The highest BCUT2D eigenvalue weighted by atomic mass is 16.5. The molecule has 7 nitrogen and oxygen atoms in total. The first-order chi connectivity index (χ1) is 13.9. The van der Waals surface area contributed by atoms with Gasteiger partial charge in [0, 0.05) is 38.8 Å². The Morgan fingerprint density at radius 1 is 1.03 bits per heavy atom. The third kappa shape index (κ3) is 6.94. The number of aromatic nitrogens is 2. The smallest absolute Gasteiger partial charge is 0.256 e. The summed E-state index contributed by atoms with van der Waals surface area (Å²) >= 11 is 0. The van der Waals surface area contributed by atoms with E-state index in [4.69, 9.17) is 5.21 Å². The zero-order valence-electron chi connectivity index (χ0n) is 17.4. The molecule has 0 fully saturated rings. The number of unbranched alkanes of at least 4 members (excludes halogenated alkanes) is 3. The highest BCUT2D eigenvalue weighted by molar-refractivity contribution is 5.93. The van der Waals surface area contributed by atoms with Gasteiger partial charge in [0.05, 0.1) is 5.56 Å². The largest absolute Gasteiger partial charge is 0.342 e. The van der Waals surface area contributed by atoms with E-state index in [9.17, 15) is 9.59 Å². The molecular formula is C22H30N4O3. The Morgan fingerprint density at radius 3 is 2.28 bits per heavy atom. The zero-order valence-corrected chi connectivity index (χ0v) is 17.4. The Bertz CT molecular complexity index is 801. The Hall–Kier alpha value is -2.80. The van der Waals surface area contributed by atoms with E-state index in [-0.39, 0.29) is 11.8 Å². The van der Waals surface area contributed by atoms with Crippen molar-refractivity contribution in [2.45, 2.75) is 52.4 Å². The van der Waals surface area contributed by atoms with Crippen molar-refractivity contribution in [3.8, 4) is 0 Å². The lowest BCUT2D eigenvalue weighted by molar-refractivity contribution is -0.129. The van der Waals surface area contributed by atoms with E-state index in [2.05, 4.69) is 35.9 Å². The number of carbonyl (C=O) groups excluding carboxylic acids is 2. The molecule has 7 heteroatoms. The van der Waals surface area contributed by atoms with E-state index in [1.165, 1.54) is 16.7 Å². The summed E-state index contributed by atoms with van der Waals surface area (Å²) in [5.41, 5.74) is 5.76. The Morgan fingerprint density at radius 2 is 1.66 bits per heavy atom. The van der Waals surface area contributed by atoms with E-state index >= 15 is 0 Å². The molecule has 0 aliphatic rings. The molecule has 1 heterocycles. The van der Waals surface area contributed by atoms with Crippen LogP contribution in [0.5, 0.6) is 0 Å². The summed E-state index contributed by atoms with van der Waals surface area (Å²) in [7, 11) is 1.77. The van der Waals surface area contributed by atoms with Gasteiger partial charge < -0.3 is 4.90 Å². The fourth-order valence-electron chi connectivity index (χ4n) is 3.21. The topological polar surface area (TPSA) is 95.4 Å². The SMILES string of the molecule is Cc1cccc(C)c1Cc1ncc(C(=O)N(C)CCCCCCC(=O)NO)cn1. The van der Waals surface area contributed by atoms with Crippen molar-refractivity contribution in [2.75, 3.05) is 13.6 Å². The lowest BCUT2D eigenvalue weighted by Crippen LogP contribution is -2.28. The summed E-state index contributed by atoms with van der Waals surface area (Å²) in [5, 5.41) is 8.44. The van der Waals surface area contributed by atoms with Gasteiger partial charge in [0.25, 0.3) is 5.91 Å². The number of benzene rings is 1. The molecule has 2 aromatic rings. The van der Waals surface area contributed by atoms with Crippen molar-refractivity contribution < 1.29 is 14.8 Å². The van der Waals surface area contributed by atoms with Gasteiger partial charge in [-0.25, -0.2) is 15.4 Å². The highest BCUT2D eigenvalue weighted by Gasteiger charge is 2.13. The number of carbonyl (C=O) groups is 2. The van der Waals surface area contributed by atoms with Gasteiger partial charge in [-0.3, -0.25) is 14.8 Å². The molecular weight excluding hydrogens is 368 g/mol. The molecule has 0 aliphatic carbocycles. The Kier molecular flexibility index (Phi) is 8.73. The molecule has 0 aliphatic heterocycles. The first-order valence-electron chi connectivity index (χ1n) is 9.96. The lowest BCUT2D eigenvalue weighted by Gasteiger charge is -2.17. The number of nitrogens with one attached hydrogen (secondary N) is 1. The van der Waals surface area contributed by atoms with Crippen molar-refractivity contribution in [3.63, 3.8) is 0 Å². The van der Waals surface area contributed by atoms with Gasteiger partial charge in [0.1, 0.15) is 5.82 Å². The van der Waals surface area contributed by atoms with Crippen LogP contribution < -0.4 is 5.48 Å². The van der Waals surface area contributed by atoms with E-state index in [1.807, 2.05) is 6.07 Å². The molecule has 0 atom stereocenters. The molecule has 0 spiro atoms. The van der Waals surface area contributed by atoms with Gasteiger partial charge in [-0.2, -0.15) is 0 Å². The summed E-state index contributed by atoms with van der Waals surface area (Å²) < 4.78 is 0. The number of rotatable bonds is 10. The minimum absolute atomic E-state index is 0.0942. The van der Waals surface area contributed by atoms with Crippen LogP contribution in [0.2, 0.25) is 0 Å². The number of aryl methyl sites for hydroxylation is 2. The van der Waals surface area contributed by atoms with Crippen LogP contribution >= 0.6 is 0 Å². The van der Waals surface area contributed by atoms with Crippen molar-refractivity contribution in [3.05, 3.63) is 58.7 Å². The fourth-order valence-corrected chi connectivity index (χ4v) is 3.21. The van der Waals surface area contributed by atoms with E-state index in [0.29, 0.717) is 30.8 Å². The van der Waals surface area contributed by atoms with Gasteiger partial charge >= 0.3 is 0 Å². The molecule has 0 saturated heterocycles. The highest BCUT2D eigenvalue weighted by Crippen LogP contribution is 2.16. The van der Waals surface area contributed by atoms with Crippen LogP contribution in [0, 0.1) is 13.8 Å². The van der Waals surface area contributed by atoms with Crippen molar-refractivity contribution in [2.24, 2.45) is 0 Å².